The van der Waals surface area contributed by atoms with Crippen molar-refractivity contribution in [3.05, 3.63) is 11.8 Å². The highest BCUT2D eigenvalue weighted by Gasteiger charge is 2.31. The molecule has 0 aromatic heterocycles. The highest BCUT2D eigenvalue weighted by Crippen LogP contribution is 2.38. The SMILES string of the molecule is CC=C1OC2CCCCC1C2. The van der Waals surface area contributed by atoms with Crippen LogP contribution in [0.15, 0.2) is 11.8 Å². The molecule has 11 heavy (non-hydrogen) atoms. The van der Waals surface area contributed by atoms with Crippen LogP contribution in [-0.4, -0.2) is 6.10 Å². The Morgan fingerprint density at radius 3 is 3.00 bits per heavy atom. The Labute approximate surface area is 68.4 Å². The summed E-state index contributed by atoms with van der Waals surface area (Å²) in [4.78, 5) is 0. The van der Waals surface area contributed by atoms with Gasteiger partial charge in [0.1, 0.15) is 0 Å². The number of ether oxygens (including phenoxy) is 1. The molecule has 0 radical (unpaired) electrons. The van der Waals surface area contributed by atoms with Crippen molar-refractivity contribution in [1.82, 2.24) is 0 Å². The van der Waals surface area contributed by atoms with Crippen molar-refractivity contribution >= 4 is 0 Å². The topological polar surface area (TPSA) is 9.23 Å². The van der Waals surface area contributed by atoms with E-state index in [1.165, 1.54) is 37.9 Å². The van der Waals surface area contributed by atoms with Crippen LogP contribution in [0.2, 0.25) is 0 Å². The third-order valence-electron chi connectivity index (χ3n) is 2.87. The van der Waals surface area contributed by atoms with Gasteiger partial charge in [-0.15, -0.1) is 0 Å². The summed E-state index contributed by atoms with van der Waals surface area (Å²) in [6.45, 7) is 2.09. The minimum absolute atomic E-state index is 0.564. The first kappa shape index (κ1) is 7.20. The molecular weight excluding hydrogens is 136 g/mol. The van der Waals surface area contributed by atoms with Crippen LogP contribution in [-0.2, 0) is 4.74 Å². The smallest absolute Gasteiger partial charge is 0.0989 e. The van der Waals surface area contributed by atoms with E-state index in [0.29, 0.717) is 6.10 Å². The number of hydrogen-bond acceptors (Lipinski definition) is 1. The molecule has 2 unspecified atom stereocenters. The summed E-state index contributed by atoms with van der Waals surface area (Å²) in [5.74, 6) is 2.04. The molecular formula is C10H16O. The first-order chi connectivity index (χ1) is 5.40. The standard InChI is InChI=1S/C10H16O/c1-2-10-8-5-3-4-6-9(7-8)11-10/h2,8-9H,3-7H2,1H3. The van der Waals surface area contributed by atoms with Crippen LogP contribution in [0.25, 0.3) is 0 Å². The Hall–Kier alpha value is -0.460. The monoisotopic (exact) mass is 152 g/mol. The van der Waals surface area contributed by atoms with Crippen LogP contribution in [0.5, 0.6) is 0 Å². The molecule has 1 aliphatic heterocycles. The third kappa shape index (κ3) is 1.29. The second-order valence-corrected chi connectivity index (χ2v) is 3.65. The molecule has 0 amide bonds. The zero-order valence-electron chi connectivity index (χ0n) is 7.18. The first-order valence-corrected chi connectivity index (χ1v) is 4.73. The molecule has 1 saturated heterocycles. The Kier molecular flexibility index (Phi) is 1.89. The molecule has 2 atom stereocenters. The Balaban J connectivity index is 2.11. The van der Waals surface area contributed by atoms with E-state index in [1.807, 2.05) is 0 Å². The lowest BCUT2D eigenvalue weighted by Crippen LogP contribution is -2.02. The molecule has 1 heterocycles. The van der Waals surface area contributed by atoms with Gasteiger partial charge in [-0.3, -0.25) is 0 Å². The molecule has 2 aliphatic rings. The Morgan fingerprint density at radius 2 is 2.18 bits per heavy atom. The minimum atomic E-state index is 0.564. The lowest BCUT2D eigenvalue weighted by molar-refractivity contribution is 0.145. The molecule has 0 aromatic carbocycles. The lowest BCUT2D eigenvalue weighted by atomic mass is 10.00. The summed E-state index contributed by atoms with van der Waals surface area (Å²) in [7, 11) is 0. The fourth-order valence-corrected chi connectivity index (χ4v) is 2.27. The molecule has 2 rings (SSSR count). The lowest BCUT2D eigenvalue weighted by Gasteiger charge is -2.12. The second kappa shape index (κ2) is 2.88. The molecule has 0 N–H and O–H groups in total. The van der Waals surface area contributed by atoms with Gasteiger partial charge in [0, 0.05) is 5.92 Å². The average Bonchev–Trinajstić information content (AvgIpc) is 2.22. The number of rotatable bonds is 0. The van der Waals surface area contributed by atoms with Crippen molar-refractivity contribution in [3.63, 3.8) is 0 Å². The van der Waals surface area contributed by atoms with Crippen LogP contribution < -0.4 is 0 Å². The summed E-state index contributed by atoms with van der Waals surface area (Å²) in [5.41, 5.74) is 0. The molecule has 1 heteroatoms. The predicted molar refractivity (Wildman–Crippen MR) is 45.2 cm³/mol. The average molecular weight is 152 g/mol. The Morgan fingerprint density at radius 1 is 1.36 bits per heavy atom. The van der Waals surface area contributed by atoms with Gasteiger partial charge in [0.2, 0.25) is 0 Å². The van der Waals surface area contributed by atoms with E-state index in [-0.39, 0.29) is 0 Å². The summed E-state index contributed by atoms with van der Waals surface area (Å²) >= 11 is 0. The van der Waals surface area contributed by atoms with E-state index in [9.17, 15) is 0 Å². The van der Waals surface area contributed by atoms with Crippen molar-refractivity contribution in [1.29, 1.82) is 0 Å². The van der Waals surface area contributed by atoms with Gasteiger partial charge in [-0.2, -0.15) is 0 Å². The maximum Gasteiger partial charge on any atom is 0.0989 e. The van der Waals surface area contributed by atoms with E-state index in [2.05, 4.69) is 13.0 Å². The molecule has 2 bridgehead atoms. The van der Waals surface area contributed by atoms with Gasteiger partial charge in [-0.1, -0.05) is 6.42 Å². The van der Waals surface area contributed by atoms with Crippen LogP contribution in [0.1, 0.15) is 39.0 Å². The molecule has 1 saturated carbocycles. The maximum absolute atomic E-state index is 5.78. The molecule has 0 spiro atoms. The fraction of sp³-hybridized carbons (Fsp3) is 0.800. The Bertz CT molecular complexity index is 172. The van der Waals surface area contributed by atoms with Crippen LogP contribution in [0, 0.1) is 5.92 Å². The van der Waals surface area contributed by atoms with Gasteiger partial charge in [0.05, 0.1) is 11.9 Å². The third-order valence-corrected chi connectivity index (χ3v) is 2.87. The summed E-state index contributed by atoms with van der Waals surface area (Å²) in [6.07, 6.45) is 9.42. The zero-order chi connectivity index (χ0) is 7.68. The highest BCUT2D eigenvalue weighted by atomic mass is 16.5. The van der Waals surface area contributed by atoms with Gasteiger partial charge in [-0.05, 0) is 38.7 Å². The van der Waals surface area contributed by atoms with Gasteiger partial charge in [0.15, 0.2) is 0 Å². The first-order valence-electron chi connectivity index (χ1n) is 4.73. The summed E-state index contributed by atoms with van der Waals surface area (Å²) in [5, 5.41) is 0. The van der Waals surface area contributed by atoms with Crippen LogP contribution in [0.3, 0.4) is 0 Å². The van der Waals surface area contributed by atoms with E-state index in [0.717, 1.165) is 5.92 Å². The molecule has 1 aliphatic carbocycles. The predicted octanol–water partition coefficient (Wildman–Crippen LogP) is 2.87. The molecule has 1 nitrogen and oxygen atoms in total. The van der Waals surface area contributed by atoms with E-state index >= 15 is 0 Å². The quantitative estimate of drug-likeness (QED) is 0.518. The zero-order valence-corrected chi connectivity index (χ0v) is 7.18. The van der Waals surface area contributed by atoms with Gasteiger partial charge < -0.3 is 4.74 Å². The molecule has 0 aromatic rings. The highest BCUT2D eigenvalue weighted by molar-refractivity contribution is 5.04. The molecule has 2 fully saturated rings. The van der Waals surface area contributed by atoms with Crippen molar-refractivity contribution in [3.8, 4) is 0 Å². The number of fused-ring (bicyclic) bond motifs is 2. The number of hydrogen-bond donors (Lipinski definition) is 0. The van der Waals surface area contributed by atoms with Crippen molar-refractivity contribution in [2.24, 2.45) is 5.92 Å². The van der Waals surface area contributed by atoms with Gasteiger partial charge in [0.25, 0.3) is 0 Å². The maximum atomic E-state index is 5.78. The summed E-state index contributed by atoms with van der Waals surface area (Å²) < 4.78 is 5.78. The van der Waals surface area contributed by atoms with Crippen LogP contribution in [0.4, 0.5) is 0 Å². The van der Waals surface area contributed by atoms with Crippen LogP contribution >= 0.6 is 0 Å². The van der Waals surface area contributed by atoms with Gasteiger partial charge in [-0.25, -0.2) is 0 Å². The van der Waals surface area contributed by atoms with Crippen molar-refractivity contribution in [2.45, 2.75) is 45.1 Å². The molecule has 62 valence electrons. The minimum Gasteiger partial charge on any atom is -0.495 e. The summed E-state index contributed by atoms with van der Waals surface area (Å²) in [6, 6.07) is 0. The normalized spacial score (nSPS) is 40.3. The van der Waals surface area contributed by atoms with Crippen molar-refractivity contribution in [2.75, 3.05) is 0 Å². The van der Waals surface area contributed by atoms with E-state index in [4.69, 9.17) is 4.74 Å². The van der Waals surface area contributed by atoms with E-state index < -0.39 is 0 Å². The second-order valence-electron chi connectivity index (χ2n) is 3.65. The van der Waals surface area contributed by atoms with E-state index in [1.54, 1.807) is 0 Å². The number of allylic oxidation sites excluding steroid dienone is 2. The van der Waals surface area contributed by atoms with Crippen molar-refractivity contribution < 1.29 is 4.74 Å². The largest absolute Gasteiger partial charge is 0.495 e. The van der Waals surface area contributed by atoms with Gasteiger partial charge >= 0.3 is 0 Å². The fourth-order valence-electron chi connectivity index (χ4n) is 2.27.